The Bertz CT molecular complexity index is 411. The molecule has 20 heavy (non-hydrogen) atoms. The summed E-state index contributed by atoms with van der Waals surface area (Å²) in [5, 5.41) is 0. The molecule has 1 unspecified atom stereocenters. The molecule has 2 rings (SSSR count). The third-order valence-corrected chi connectivity index (χ3v) is 4.45. The van der Waals surface area contributed by atoms with Gasteiger partial charge in [-0.05, 0) is 37.0 Å². The Labute approximate surface area is 122 Å². The zero-order valence-electron chi connectivity index (χ0n) is 12.7. The molecule has 0 heterocycles. The van der Waals surface area contributed by atoms with Crippen LogP contribution in [-0.2, 0) is 0 Å². The second-order valence-corrected chi connectivity index (χ2v) is 5.74. The smallest absolute Gasteiger partial charge is 0.123 e. The van der Waals surface area contributed by atoms with Crippen molar-refractivity contribution in [2.45, 2.75) is 51.0 Å². The van der Waals surface area contributed by atoms with Crippen LogP contribution in [0.5, 0.6) is 11.5 Å². The van der Waals surface area contributed by atoms with Crippen molar-refractivity contribution in [2.24, 2.45) is 11.7 Å². The van der Waals surface area contributed by atoms with Crippen LogP contribution in [0.2, 0.25) is 0 Å². The van der Waals surface area contributed by atoms with Crippen molar-refractivity contribution in [3.63, 3.8) is 0 Å². The highest BCUT2D eigenvalue weighted by Crippen LogP contribution is 2.36. The van der Waals surface area contributed by atoms with Gasteiger partial charge in [0.15, 0.2) is 0 Å². The van der Waals surface area contributed by atoms with Crippen LogP contribution in [0, 0.1) is 5.92 Å². The molecule has 1 aliphatic carbocycles. The van der Waals surface area contributed by atoms with Gasteiger partial charge < -0.3 is 15.2 Å². The van der Waals surface area contributed by atoms with Crippen LogP contribution in [0.15, 0.2) is 18.2 Å². The van der Waals surface area contributed by atoms with Gasteiger partial charge in [-0.2, -0.15) is 0 Å². The van der Waals surface area contributed by atoms with Crippen molar-refractivity contribution < 1.29 is 9.47 Å². The number of ether oxygens (including phenoxy) is 2. The SMILES string of the molecule is COc1ccc(OC)c(C(N)C2CCCCCCC2)c1. The van der Waals surface area contributed by atoms with E-state index in [0.29, 0.717) is 5.92 Å². The van der Waals surface area contributed by atoms with Gasteiger partial charge >= 0.3 is 0 Å². The molecule has 0 aromatic heterocycles. The van der Waals surface area contributed by atoms with E-state index in [9.17, 15) is 0 Å². The normalized spacial score (nSPS) is 18.9. The Hall–Kier alpha value is -1.22. The lowest BCUT2D eigenvalue weighted by molar-refractivity contribution is 0.317. The van der Waals surface area contributed by atoms with Crippen molar-refractivity contribution in [1.29, 1.82) is 0 Å². The average Bonchev–Trinajstić information content (AvgIpc) is 2.45. The molecule has 0 radical (unpaired) electrons. The van der Waals surface area contributed by atoms with E-state index in [2.05, 4.69) is 0 Å². The van der Waals surface area contributed by atoms with Gasteiger partial charge in [0.05, 0.1) is 14.2 Å². The Morgan fingerprint density at radius 2 is 1.65 bits per heavy atom. The molecule has 0 saturated heterocycles. The number of nitrogens with two attached hydrogens (primary N) is 1. The van der Waals surface area contributed by atoms with E-state index in [1.165, 1.54) is 44.9 Å². The Morgan fingerprint density at radius 3 is 2.25 bits per heavy atom. The molecule has 0 amide bonds. The molecule has 0 spiro atoms. The summed E-state index contributed by atoms with van der Waals surface area (Å²) in [6.07, 6.45) is 9.11. The first kappa shape index (κ1) is 15.2. The van der Waals surface area contributed by atoms with Gasteiger partial charge in [0, 0.05) is 11.6 Å². The molecule has 1 saturated carbocycles. The quantitative estimate of drug-likeness (QED) is 0.902. The molecule has 1 aromatic carbocycles. The molecule has 112 valence electrons. The maximum absolute atomic E-state index is 6.55. The summed E-state index contributed by atoms with van der Waals surface area (Å²) in [5.41, 5.74) is 7.64. The third-order valence-electron chi connectivity index (χ3n) is 4.45. The Balaban J connectivity index is 2.18. The highest BCUT2D eigenvalue weighted by molar-refractivity contribution is 5.42. The second-order valence-electron chi connectivity index (χ2n) is 5.74. The van der Waals surface area contributed by atoms with Crippen LogP contribution in [-0.4, -0.2) is 14.2 Å². The van der Waals surface area contributed by atoms with Gasteiger partial charge in [-0.25, -0.2) is 0 Å². The van der Waals surface area contributed by atoms with E-state index in [0.717, 1.165) is 17.1 Å². The lowest BCUT2D eigenvalue weighted by atomic mass is 9.83. The summed E-state index contributed by atoms with van der Waals surface area (Å²) in [6, 6.07) is 5.95. The van der Waals surface area contributed by atoms with Gasteiger partial charge in [-0.3, -0.25) is 0 Å². The van der Waals surface area contributed by atoms with E-state index in [-0.39, 0.29) is 6.04 Å². The molecule has 0 aliphatic heterocycles. The zero-order chi connectivity index (χ0) is 14.4. The minimum atomic E-state index is 0.0400. The fraction of sp³-hybridized carbons (Fsp3) is 0.647. The highest BCUT2D eigenvalue weighted by atomic mass is 16.5. The van der Waals surface area contributed by atoms with E-state index in [1.807, 2.05) is 18.2 Å². The molecule has 3 heteroatoms. The van der Waals surface area contributed by atoms with Gasteiger partial charge in [0.1, 0.15) is 11.5 Å². The summed E-state index contributed by atoms with van der Waals surface area (Å²) in [7, 11) is 3.39. The van der Waals surface area contributed by atoms with Gasteiger partial charge in [-0.1, -0.05) is 32.1 Å². The first-order valence-electron chi connectivity index (χ1n) is 7.73. The fourth-order valence-electron chi connectivity index (χ4n) is 3.20. The standard InChI is InChI=1S/C17H27NO2/c1-19-14-10-11-16(20-2)15(12-14)17(18)13-8-6-4-3-5-7-9-13/h10-13,17H,3-9,18H2,1-2H3. The summed E-state index contributed by atoms with van der Waals surface area (Å²) in [5.74, 6) is 2.28. The number of methoxy groups -OCH3 is 2. The van der Waals surface area contributed by atoms with Gasteiger partial charge in [0.25, 0.3) is 0 Å². The fourth-order valence-corrected chi connectivity index (χ4v) is 3.20. The molecule has 1 atom stereocenters. The molecule has 3 nitrogen and oxygen atoms in total. The number of hydrogen-bond acceptors (Lipinski definition) is 3. The lowest BCUT2D eigenvalue weighted by Crippen LogP contribution is -2.23. The zero-order valence-corrected chi connectivity index (χ0v) is 12.7. The number of hydrogen-bond donors (Lipinski definition) is 1. The van der Waals surface area contributed by atoms with E-state index in [1.54, 1.807) is 14.2 Å². The van der Waals surface area contributed by atoms with Crippen LogP contribution < -0.4 is 15.2 Å². The molecule has 0 bridgehead atoms. The van der Waals surface area contributed by atoms with E-state index in [4.69, 9.17) is 15.2 Å². The monoisotopic (exact) mass is 277 g/mol. The average molecular weight is 277 g/mol. The highest BCUT2D eigenvalue weighted by Gasteiger charge is 2.23. The molecule has 1 fully saturated rings. The maximum atomic E-state index is 6.55. The summed E-state index contributed by atoms with van der Waals surface area (Å²) in [4.78, 5) is 0. The number of rotatable bonds is 4. The Morgan fingerprint density at radius 1 is 1.00 bits per heavy atom. The van der Waals surface area contributed by atoms with E-state index >= 15 is 0 Å². The number of benzene rings is 1. The van der Waals surface area contributed by atoms with Crippen molar-refractivity contribution in [3.05, 3.63) is 23.8 Å². The first-order chi connectivity index (χ1) is 9.76. The predicted molar refractivity (Wildman–Crippen MR) is 82.3 cm³/mol. The second kappa shape index (κ2) is 7.53. The lowest BCUT2D eigenvalue weighted by Gasteiger charge is -2.27. The van der Waals surface area contributed by atoms with Crippen LogP contribution in [0.25, 0.3) is 0 Å². The van der Waals surface area contributed by atoms with Gasteiger partial charge in [0.2, 0.25) is 0 Å². The predicted octanol–water partition coefficient (Wildman–Crippen LogP) is 4.06. The Kier molecular flexibility index (Phi) is 5.72. The van der Waals surface area contributed by atoms with Crippen molar-refractivity contribution >= 4 is 0 Å². The molecule has 1 aliphatic rings. The third kappa shape index (κ3) is 3.66. The summed E-state index contributed by atoms with van der Waals surface area (Å²) < 4.78 is 10.8. The van der Waals surface area contributed by atoms with Crippen LogP contribution in [0.1, 0.15) is 56.6 Å². The molecule has 2 N–H and O–H groups in total. The van der Waals surface area contributed by atoms with Gasteiger partial charge in [-0.15, -0.1) is 0 Å². The van der Waals surface area contributed by atoms with Crippen LogP contribution >= 0.6 is 0 Å². The molecular formula is C17H27NO2. The minimum absolute atomic E-state index is 0.0400. The maximum Gasteiger partial charge on any atom is 0.123 e. The minimum Gasteiger partial charge on any atom is -0.497 e. The largest absolute Gasteiger partial charge is 0.497 e. The topological polar surface area (TPSA) is 44.5 Å². The summed E-state index contributed by atoms with van der Waals surface area (Å²) in [6.45, 7) is 0. The van der Waals surface area contributed by atoms with E-state index < -0.39 is 0 Å². The van der Waals surface area contributed by atoms with Crippen molar-refractivity contribution in [3.8, 4) is 11.5 Å². The van der Waals surface area contributed by atoms with Crippen molar-refractivity contribution in [1.82, 2.24) is 0 Å². The molecule has 1 aromatic rings. The summed E-state index contributed by atoms with van der Waals surface area (Å²) >= 11 is 0. The van der Waals surface area contributed by atoms with Crippen molar-refractivity contribution in [2.75, 3.05) is 14.2 Å². The molecular weight excluding hydrogens is 250 g/mol. The van der Waals surface area contributed by atoms with Crippen LogP contribution in [0.4, 0.5) is 0 Å². The van der Waals surface area contributed by atoms with Crippen LogP contribution in [0.3, 0.4) is 0 Å². The first-order valence-corrected chi connectivity index (χ1v) is 7.73.